The molecule has 6 heteroatoms. The van der Waals surface area contributed by atoms with E-state index in [2.05, 4.69) is 12.2 Å². The summed E-state index contributed by atoms with van der Waals surface area (Å²) < 4.78 is 11.2. The first-order chi connectivity index (χ1) is 12.5. The number of hydrogen-bond donors (Lipinski definition) is 1. The predicted octanol–water partition coefficient (Wildman–Crippen LogP) is 2.40. The zero-order valence-electron chi connectivity index (χ0n) is 16.0. The number of rotatable bonds is 7. The summed E-state index contributed by atoms with van der Waals surface area (Å²) in [6.07, 6.45) is 2.71. The lowest BCUT2D eigenvalue weighted by Gasteiger charge is -2.30. The molecule has 0 aromatic heterocycles. The van der Waals surface area contributed by atoms with Crippen molar-refractivity contribution in [3.05, 3.63) is 23.8 Å². The summed E-state index contributed by atoms with van der Waals surface area (Å²) in [6.45, 7) is 8.85. The Balaban J connectivity index is 1.85. The van der Waals surface area contributed by atoms with Crippen LogP contribution >= 0.6 is 0 Å². The average molecular weight is 362 g/mol. The molecule has 1 heterocycles. The second-order valence-electron chi connectivity index (χ2n) is 6.65. The maximum Gasteiger partial charge on any atom is 0.311 e. The quantitative estimate of drug-likeness (QED) is 0.757. The number of benzene rings is 1. The minimum atomic E-state index is -0.518. The van der Waals surface area contributed by atoms with Gasteiger partial charge in [-0.15, -0.1) is 0 Å². The van der Waals surface area contributed by atoms with Crippen LogP contribution in [0, 0.1) is 5.92 Å². The Morgan fingerprint density at radius 1 is 1.19 bits per heavy atom. The summed E-state index contributed by atoms with van der Waals surface area (Å²) in [7, 11) is 0. The molecule has 1 N–H and O–H groups in total. The van der Waals surface area contributed by atoms with E-state index in [9.17, 15) is 9.59 Å². The first-order valence-corrected chi connectivity index (χ1v) is 9.50. The van der Waals surface area contributed by atoms with Gasteiger partial charge in [0.05, 0.1) is 13.2 Å². The zero-order chi connectivity index (χ0) is 18.9. The Labute approximate surface area is 155 Å². The molecule has 0 aliphatic carbocycles. The summed E-state index contributed by atoms with van der Waals surface area (Å²) >= 11 is 0. The number of carbonyl (C=O) groups excluding carboxylic acids is 2. The summed E-state index contributed by atoms with van der Waals surface area (Å²) in [4.78, 5) is 26.0. The van der Waals surface area contributed by atoms with Crippen molar-refractivity contribution in [3.63, 3.8) is 0 Å². The Hall–Kier alpha value is -2.24. The van der Waals surface area contributed by atoms with Gasteiger partial charge >= 0.3 is 11.8 Å². The number of nitrogens with one attached hydrogen (secondary N) is 1. The molecule has 144 valence electrons. The average Bonchev–Trinajstić information content (AvgIpc) is 2.63. The summed E-state index contributed by atoms with van der Waals surface area (Å²) in [5, 5.41) is 2.73. The van der Waals surface area contributed by atoms with Crippen LogP contribution in [0.15, 0.2) is 18.2 Å². The standard InChI is InChI=1S/C20H30N2O4/c1-4-25-17-9-8-16(13-18(17)26-5-2)10-11-21-19(23)20(24)22-12-6-7-15(3)14-22/h8-9,13,15H,4-7,10-12,14H2,1-3H3,(H,21,23). The number of carbonyl (C=O) groups is 2. The predicted molar refractivity (Wildman–Crippen MR) is 100 cm³/mol. The van der Waals surface area contributed by atoms with E-state index in [1.807, 2.05) is 32.0 Å². The number of likely N-dealkylation sites (tertiary alicyclic amines) is 1. The smallest absolute Gasteiger partial charge is 0.311 e. The molecule has 2 amide bonds. The lowest BCUT2D eigenvalue weighted by atomic mass is 10.0. The zero-order valence-corrected chi connectivity index (χ0v) is 16.0. The fraction of sp³-hybridized carbons (Fsp3) is 0.600. The normalized spacial score (nSPS) is 16.9. The van der Waals surface area contributed by atoms with Gasteiger partial charge in [-0.3, -0.25) is 9.59 Å². The number of hydrogen-bond acceptors (Lipinski definition) is 4. The first kappa shape index (κ1) is 20.1. The third kappa shape index (κ3) is 5.64. The molecule has 0 spiro atoms. The minimum absolute atomic E-state index is 0.410. The number of amides is 2. The molecule has 0 radical (unpaired) electrons. The van der Waals surface area contributed by atoms with Gasteiger partial charge in [-0.05, 0) is 56.7 Å². The third-order valence-electron chi connectivity index (χ3n) is 4.45. The number of piperidine rings is 1. The van der Waals surface area contributed by atoms with Crippen molar-refractivity contribution in [2.24, 2.45) is 5.92 Å². The van der Waals surface area contributed by atoms with Crippen molar-refractivity contribution in [2.75, 3.05) is 32.8 Å². The first-order valence-electron chi connectivity index (χ1n) is 9.50. The molecule has 0 bridgehead atoms. The van der Waals surface area contributed by atoms with E-state index in [0.29, 0.717) is 50.9 Å². The van der Waals surface area contributed by atoms with Crippen LogP contribution in [0.5, 0.6) is 11.5 Å². The highest BCUT2D eigenvalue weighted by Crippen LogP contribution is 2.28. The van der Waals surface area contributed by atoms with Crippen LogP contribution in [0.4, 0.5) is 0 Å². The SMILES string of the molecule is CCOc1ccc(CCNC(=O)C(=O)N2CCCC(C)C2)cc1OCC. The minimum Gasteiger partial charge on any atom is -0.490 e. The van der Waals surface area contributed by atoms with Crippen LogP contribution in [-0.4, -0.2) is 49.6 Å². The van der Waals surface area contributed by atoms with Gasteiger partial charge in [0.1, 0.15) is 0 Å². The van der Waals surface area contributed by atoms with Crippen molar-refractivity contribution < 1.29 is 19.1 Å². The van der Waals surface area contributed by atoms with E-state index in [-0.39, 0.29) is 0 Å². The van der Waals surface area contributed by atoms with Crippen molar-refractivity contribution >= 4 is 11.8 Å². The molecule has 2 rings (SSSR count). The molecule has 26 heavy (non-hydrogen) atoms. The van der Waals surface area contributed by atoms with E-state index >= 15 is 0 Å². The molecule has 1 unspecified atom stereocenters. The van der Waals surface area contributed by atoms with Gasteiger partial charge in [0.15, 0.2) is 11.5 Å². The van der Waals surface area contributed by atoms with Gasteiger partial charge in [0.25, 0.3) is 0 Å². The third-order valence-corrected chi connectivity index (χ3v) is 4.45. The Morgan fingerprint density at radius 3 is 2.62 bits per heavy atom. The molecule has 1 aromatic rings. The summed E-state index contributed by atoms with van der Waals surface area (Å²) in [6, 6.07) is 5.76. The second kappa shape index (κ2) is 10.0. The van der Waals surface area contributed by atoms with Crippen molar-refractivity contribution in [1.82, 2.24) is 10.2 Å². The van der Waals surface area contributed by atoms with Gasteiger partial charge in [0, 0.05) is 19.6 Å². The van der Waals surface area contributed by atoms with Crippen LogP contribution in [0.3, 0.4) is 0 Å². The van der Waals surface area contributed by atoms with Gasteiger partial charge in [-0.2, -0.15) is 0 Å². The molecule has 6 nitrogen and oxygen atoms in total. The van der Waals surface area contributed by atoms with Crippen molar-refractivity contribution in [3.8, 4) is 11.5 Å². The highest BCUT2D eigenvalue weighted by Gasteiger charge is 2.25. The van der Waals surface area contributed by atoms with E-state index in [4.69, 9.17) is 9.47 Å². The molecule has 0 saturated carbocycles. The summed E-state index contributed by atoms with van der Waals surface area (Å²) in [5.74, 6) is 0.947. The lowest BCUT2D eigenvalue weighted by Crippen LogP contribution is -2.47. The van der Waals surface area contributed by atoms with Crippen LogP contribution in [0.2, 0.25) is 0 Å². The van der Waals surface area contributed by atoms with Crippen molar-refractivity contribution in [2.45, 2.75) is 40.0 Å². The van der Waals surface area contributed by atoms with Crippen LogP contribution in [0.1, 0.15) is 39.2 Å². The highest BCUT2D eigenvalue weighted by molar-refractivity contribution is 6.35. The Morgan fingerprint density at radius 2 is 1.92 bits per heavy atom. The molecular formula is C20H30N2O4. The van der Waals surface area contributed by atoms with Gasteiger partial charge in [-0.25, -0.2) is 0 Å². The number of nitrogens with zero attached hydrogens (tertiary/aromatic N) is 1. The fourth-order valence-electron chi connectivity index (χ4n) is 3.16. The second-order valence-corrected chi connectivity index (χ2v) is 6.65. The van der Waals surface area contributed by atoms with Crippen LogP contribution in [-0.2, 0) is 16.0 Å². The van der Waals surface area contributed by atoms with Gasteiger partial charge in [0.2, 0.25) is 0 Å². The Kier molecular flexibility index (Phi) is 7.75. The lowest BCUT2D eigenvalue weighted by molar-refractivity contribution is -0.146. The fourth-order valence-corrected chi connectivity index (χ4v) is 3.16. The summed E-state index contributed by atoms with van der Waals surface area (Å²) in [5.41, 5.74) is 1.02. The molecule has 1 aromatic carbocycles. The van der Waals surface area contributed by atoms with E-state index in [0.717, 1.165) is 24.2 Å². The molecule has 1 atom stereocenters. The monoisotopic (exact) mass is 362 g/mol. The van der Waals surface area contributed by atoms with Crippen LogP contribution in [0.25, 0.3) is 0 Å². The molecule has 1 aliphatic rings. The molecule has 1 fully saturated rings. The van der Waals surface area contributed by atoms with E-state index in [1.165, 1.54) is 0 Å². The molecular weight excluding hydrogens is 332 g/mol. The number of ether oxygens (including phenoxy) is 2. The molecule has 1 aliphatic heterocycles. The van der Waals surface area contributed by atoms with E-state index < -0.39 is 11.8 Å². The van der Waals surface area contributed by atoms with Crippen molar-refractivity contribution in [1.29, 1.82) is 0 Å². The topological polar surface area (TPSA) is 67.9 Å². The maximum atomic E-state index is 12.2. The van der Waals surface area contributed by atoms with Crippen LogP contribution < -0.4 is 14.8 Å². The highest BCUT2D eigenvalue weighted by atomic mass is 16.5. The largest absolute Gasteiger partial charge is 0.490 e. The van der Waals surface area contributed by atoms with Gasteiger partial charge in [-0.1, -0.05) is 13.0 Å². The van der Waals surface area contributed by atoms with Gasteiger partial charge < -0.3 is 19.7 Å². The van der Waals surface area contributed by atoms with E-state index in [1.54, 1.807) is 4.90 Å². The maximum absolute atomic E-state index is 12.2. The Bertz CT molecular complexity index is 618. The molecule has 1 saturated heterocycles.